The van der Waals surface area contributed by atoms with E-state index < -0.39 is 0 Å². The maximum atomic E-state index is 12.6. The summed E-state index contributed by atoms with van der Waals surface area (Å²) in [5, 5.41) is 6.17. The Morgan fingerprint density at radius 3 is 2.30 bits per heavy atom. The van der Waals surface area contributed by atoms with Crippen LogP contribution >= 0.6 is 0 Å². The highest BCUT2D eigenvalue weighted by Crippen LogP contribution is 2.20. The summed E-state index contributed by atoms with van der Waals surface area (Å²) < 4.78 is 0. The van der Waals surface area contributed by atoms with Crippen LogP contribution in [0.1, 0.15) is 39.0 Å². The van der Waals surface area contributed by atoms with Crippen LogP contribution in [-0.4, -0.2) is 60.5 Å². The molecule has 3 amide bonds. The summed E-state index contributed by atoms with van der Waals surface area (Å²) in [4.78, 5) is 29.2. The van der Waals surface area contributed by atoms with Crippen LogP contribution in [0.4, 0.5) is 10.5 Å². The number of rotatable bonds is 5. The minimum Gasteiger partial charge on any atom is -0.353 e. The molecule has 0 aromatic heterocycles. The average Bonchev–Trinajstić information content (AvgIpc) is 2.70. The van der Waals surface area contributed by atoms with E-state index in [2.05, 4.69) is 22.5 Å². The molecule has 0 unspecified atom stereocenters. The molecule has 1 aromatic carbocycles. The maximum Gasteiger partial charge on any atom is 0.321 e. The van der Waals surface area contributed by atoms with Crippen molar-refractivity contribution in [1.82, 2.24) is 15.1 Å². The Bertz CT molecular complexity index is 606. The fourth-order valence-electron chi connectivity index (χ4n) is 4.00. The van der Waals surface area contributed by atoms with Crippen LogP contribution in [-0.2, 0) is 4.79 Å². The van der Waals surface area contributed by atoms with E-state index in [0.29, 0.717) is 19.1 Å². The van der Waals surface area contributed by atoms with Crippen molar-refractivity contribution in [3.8, 4) is 0 Å². The van der Waals surface area contributed by atoms with Gasteiger partial charge in [-0.05, 0) is 50.8 Å². The third kappa shape index (κ3) is 5.70. The molecule has 6 heteroatoms. The molecule has 2 fully saturated rings. The highest BCUT2D eigenvalue weighted by molar-refractivity contribution is 5.89. The van der Waals surface area contributed by atoms with Crippen LogP contribution in [0.2, 0.25) is 0 Å². The van der Waals surface area contributed by atoms with Gasteiger partial charge in [0.15, 0.2) is 0 Å². The molecule has 148 valence electrons. The van der Waals surface area contributed by atoms with Crippen molar-refractivity contribution in [3.05, 3.63) is 30.3 Å². The van der Waals surface area contributed by atoms with Gasteiger partial charge in [0, 0.05) is 43.8 Å². The number of carbonyl (C=O) groups excluding carboxylic acids is 2. The molecule has 0 spiro atoms. The fraction of sp³-hybridized carbons (Fsp3) is 0.619. The second-order valence-electron chi connectivity index (χ2n) is 7.68. The summed E-state index contributed by atoms with van der Waals surface area (Å²) in [5.74, 6) is 0.200. The van der Waals surface area contributed by atoms with Gasteiger partial charge in [-0.1, -0.05) is 25.1 Å². The van der Waals surface area contributed by atoms with E-state index in [4.69, 9.17) is 0 Å². The first-order chi connectivity index (χ1) is 13.2. The molecule has 0 bridgehead atoms. The minimum absolute atomic E-state index is 0.0273. The minimum atomic E-state index is -0.0802. The van der Waals surface area contributed by atoms with Crippen LogP contribution in [0.25, 0.3) is 0 Å². The smallest absolute Gasteiger partial charge is 0.321 e. The second kappa shape index (κ2) is 9.74. The number of para-hydroxylation sites is 1. The van der Waals surface area contributed by atoms with Gasteiger partial charge in [-0.25, -0.2) is 4.79 Å². The molecule has 2 N–H and O–H groups in total. The molecule has 2 aliphatic heterocycles. The number of piperidine rings is 2. The van der Waals surface area contributed by atoms with E-state index in [0.717, 1.165) is 51.0 Å². The predicted molar refractivity (Wildman–Crippen MR) is 108 cm³/mol. The number of hydrogen-bond donors (Lipinski definition) is 2. The Balaban J connectivity index is 1.38. The molecule has 0 radical (unpaired) electrons. The molecule has 2 aliphatic rings. The molecular formula is C21H32N4O2. The van der Waals surface area contributed by atoms with Crippen LogP contribution in [0.5, 0.6) is 0 Å². The lowest BCUT2D eigenvalue weighted by Crippen LogP contribution is -2.49. The number of carbonyl (C=O) groups is 2. The lowest BCUT2D eigenvalue weighted by molar-refractivity contribution is -0.127. The molecule has 0 atom stereocenters. The number of amides is 3. The highest BCUT2D eigenvalue weighted by Gasteiger charge is 2.29. The molecule has 3 rings (SSSR count). The van der Waals surface area contributed by atoms with Crippen molar-refractivity contribution < 1.29 is 9.59 Å². The molecule has 0 aliphatic carbocycles. The van der Waals surface area contributed by atoms with Gasteiger partial charge >= 0.3 is 6.03 Å². The first kappa shape index (κ1) is 19.7. The van der Waals surface area contributed by atoms with Crippen molar-refractivity contribution >= 4 is 17.6 Å². The van der Waals surface area contributed by atoms with Crippen molar-refractivity contribution in [2.75, 3.05) is 38.0 Å². The quantitative estimate of drug-likeness (QED) is 0.835. The Morgan fingerprint density at radius 1 is 1.00 bits per heavy atom. The number of nitrogens with one attached hydrogen (secondary N) is 2. The van der Waals surface area contributed by atoms with Crippen molar-refractivity contribution in [3.63, 3.8) is 0 Å². The first-order valence-electron chi connectivity index (χ1n) is 10.3. The first-order valence-corrected chi connectivity index (χ1v) is 10.3. The third-order valence-electron chi connectivity index (χ3n) is 5.65. The second-order valence-corrected chi connectivity index (χ2v) is 7.68. The Hall–Kier alpha value is -2.08. The maximum absolute atomic E-state index is 12.6. The number of benzene rings is 1. The Kier molecular flexibility index (Phi) is 7.10. The molecular weight excluding hydrogens is 340 g/mol. The summed E-state index contributed by atoms with van der Waals surface area (Å²) in [6.07, 6.45) is 4.76. The summed E-state index contributed by atoms with van der Waals surface area (Å²) in [7, 11) is 0. The Labute approximate surface area is 162 Å². The lowest BCUT2D eigenvalue weighted by atomic mass is 9.95. The normalized spacial score (nSPS) is 19.7. The largest absolute Gasteiger partial charge is 0.353 e. The number of urea groups is 1. The van der Waals surface area contributed by atoms with Gasteiger partial charge in [0.05, 0.1) is 0 Å². The van der Waals surface area contributed by atoms with Gasteiger partial charge < -0.3 is 20.4 Å². The molecule has 1 aromatic rings. The monoisotopic (exact) mass is 372 g/mol. The van der Waals surface area contributed by atoms with E-state index in [1.165, 1.54) is 6.42 Å². The van der Waals surface area contributed by atoms with E-state index in [-0.39, 0.29) is 17.9 Å². The van der Waals surface area contributed by atoms with E-state index in [1.807, 2.05) is 30.3 Å². The van der Waals surface area contributed by atoms with Crippen LogP contribution in [0.15, 0.2) is 30.3 Å². The summed E-state index contributed by atoms with van der Waals surface area (Å²) in [5.41, 5.74) is 0.803. The van der Waals surface area contributed by atoms with Gasteiger partial charge in [0.25, 0.3) is 0 Å². The number of hydrogen-bond acceptors (Lipinski definition) is 3. The van der Waals surface area contributed by atoms with Crippen LogP contribution in [0, 0.1) is 5.92 Å². The van der Waals surface area contributed by atoms with Gasteiger partial charge in [0.2, 0.25) is 5.91 Å². The highest BCUT2D eigenvalue weighted by atomic mass is 16.2. The number of likely N-dealkylation sites (tertiary alicyclic amines) is 2. The summed E-state index contributed by atoms with van der Waals surface area (Å²) in [6.45, 7) is 6.79. The van der Waals surface area contributed by atoms with Crippen LogP contribution < -0.4 is 10.6 Å². The van der Waals surface area contributed by atoms with Crippen molar-refractivity contribution in [1.29, 1.82) is 0 Å². The third-order valence-corrected chi connectivity index (χ3v) is 5.65. The zero-order valence-electron chi connectivity index (χ0n) is 16.3. The average molecular weight is 373 g/mol. The number of nitrogens with zero attached hydrogens (tertiary/aromatic N) is 2. The van der Waals surface area contributed by atoms with Crippen LogP contribution in [0.3, 0.4) is 0 Å². The molecule has 27 heavy (non-hydrogen) atoms. The molecule has 2 heterocycles. The molecule has 6 nitrogen and oxygen atoms in total. The Morgan fingerprint density at radius 2 is 1.67 bits per heavy atom. The van der Waals surface area contributed by atoms with Gasteiger partial charge in [-0.3, -0.25) is 4.79 Å². The topological polar surface area (TPSA) is 64.7 Å². The molecule has 2 saturated heterocycles. The van der Waals surface area contributed by atoms with Gasteiger partial charge in [0.1, 0.15) is 0 Å². The van der Waals surface area contributed by atoms with Crippen molar-refractivity contribution in [2.24, 2.45) is 5.92 Å². The molecule has 0 saturated carbocycles. The van der Waals surface area contributed by atoms with Gasteiger partial charge in [-0.2, -0.15) is 0 Å². The van der Waals surface area contributed by atoms with E-state index in [9.17, 15) is 9.59 Å². The lowest BCUT2D eigenvalue weighted by Gasteiger charge is -2.35. The summed E-state index contributed by atoms with van der Waals surface area (Å²) in [6, 6.07) is 9.72. The van der Waals surface area contributed by atoms with E-state index >= 15 is 0 Å². The standard InChI is InChI=1S/C21H32N4O2/c1-2-12-24-13-10-19(11-14-24)22-20(26)17-8-15-25(16-9-17)21(27)23-18-6-4-3-5-7-18/h3-7,17,19H,2,8-16H2,1H3,(H,22,26)(H,23,27). The number of anilines is 1. The predicted octanol–water partition coefficient (Wildman–Crippen LogP) is 2.92. The van der Waals surface area contributed by atoms with E-state index in [1.54, 1.807) is 4.90 Å². The zero-order valence-corrected chi connectivity index (χ0v) is 16.3. The fourth-order valence-corrected chi connectivity index (χ4v) is 4.00. The van der Waals surface area contributed by atoms with Crippen molar-refractivity contribution in [2.45, 2.75) is 45.1 Å². The summed E-state index contributed by atoms with van der Waals surface area (Å²) >= 11 is 0. The SMILES string of the molecule is CCCN1CCC(NC(=O)C2CCN(C(=O)Nc3ccccc3)CC2)CC1. The van der Waals surface area contributed by atoms with Gasteiger partial charge in [-0.15, -0.1) is 0 Å². The zero-order chi connectivity index (χ0) is 19.1.